The van der Waals surface area contributed by atoms with Crippen molar-refractivity contribution in [3.05, 3.63) is 29.8 Å². The van der Waals surface area contributed by atoms with Gasteiger partial charge in [-0.3, -0.25) is 9.59 Å². The average Bonchev–Trinajstić information content (AvgIpc) is 2.53. The Morgan fingerprint density at radius 3 is 2.25 bits per heavy atom. The van der Waals surface area contributed by atoms with Crippen molar-refractivity contribution in [1.82, 2.24) is 15.1 Å². The number of anilines is 1. The number of amides is 4. The molecule has 1 fully saturated rings. The lowest BCUT2D eigenvalue weighted by molar-refractivity contribution is -0.114. The Morgan fingerprint density at radius 1 is 1.04 bits per heavy atom. The lowest BCUT2D eigenvalue weighted by Crippen LogP contribution is -2.54. The molecule has 7 heteroatoms. The van der Waals surface area contributed by atoms with E-state index >= 15 is 0 Å². The molecule has 0 bridgehead atoms. The second-order valence-electron chi connectivity index (χ2n) is 6.15. The molecule has 2 rings (SSSR count). The summed E-state index contributed by atoms with van der Waals surface area (Å²) < 4.78 is 0. The first-order valence-corrected chi connectivity index (χ1v) is 8.09. The number of piperazine rings is 1. The summed E-state index contributed by atoms with van der Waals surface area (Å²) in [6, 6.07) is 6.88. The standard InChI is InChI=1S/C17H24N4O3/c1-12(2)18-17(24)21-9-7-20(8-10-21)16(23)14-5-4-6-15(11-14)19-13(3)22/h4-6,11-12H,7-10H2,1-3H3,(H,18,24)(H,19,22). The van der Waals surface area contributed by atoms with Crippen LogP contribution in [0.5, 0.6) is 0 Å². The number of hydrogen-bond acceptors (Lipinski definition) is 3. The second kappa shape index (κ2) is 7.81. The highest BCUT2D eigenvalue weighted by atomic mass is 16.2. The average molecular weight is 332 g/mol. The second-order valence-corrected chi connectivity index (χ2v) is 6.15. The van der Waals surface area contributed by atoms with Crippen LogP contribution in [0.15, 0.2) is 24.3 Å². The molecule has 24 heavy (non-hydrogen) atoms. The summed E-state index contributed by atoms with van der Waals surface area (Å²) >= 11 is 0. The van der Waals surface area contributed by atoms with Crippen LogP contribution in [0.2, 0.25) is 0 Å². The summed E-state index contributed by atoms with van der Waals surface area (Å²) in [7, 11) is 0. The van der Waals surface area contributed by atoms with E-state index in [4.69, 9.17) is 0 Å². The van der Waals surface area contributed by atoms with Crippen molar-refractivity contribution < 1.29 is 14.4 Å². The van der Waals surface area contributed by atoms with E-state index in [1.807, 2.05) is 13.8 Å². The highest BCUT2D eigenvalue weighted by Gasteiger charge is 2.25. The lowest BCUT2D eigenvalue weighted by Gasteiger charge is -2.35. The maximum atomic E-state index is 12.6. The van der Waals surface area contributed by atoms with Crippen molar-refractivity contribution in [2.45, 2.75) is 26.8 Å². The molecule has 0 aliphatic carbocycles. The summed E-state index contributed by atoms with van der Waals surface area (Å²) in [6.07, 6.45) is 0. The smallest absolute Gasteiger partial charge is 0.317 e. The van der Waals surface area contributed by atoms with Crippen LogP contribution in [0.1, 0.15) is 31.1 Å². The molecule has 1 heterocycles. The molecule has 1 saturated heterocycles. The summed E-state index contributed by atoms with van der Waals surface area (Å²) in [5, 5.41) is 5.53. The van der Waals surface area contributed by atoms with Crippen molar-refractivity contribution in [3.63, 3.8) is 0 Å². The molecule has 1 aromatic carbocycles. The van der Waals surface area contributed by atoms with Gasteiger partial charge in [-0.1, -0.05) is 6.07 Å². The molecule has 0 unspecified atom stereocenters. The predicted molar refractivity (Wildman–Crippen MR) is 91.9 cm³/mol. The molecule has 1 aliphatic heterocycles. The number of carbonyl (C=O) groups excluding carboxylic acids is 3. The minimum absolute atomic E-state index is 0.0914. The fraction of sp³-hybridized carbons (Fsp3) is 0.471. The maximum Gasteiger partial charge on any atom is 0.317 e. The van der Waals surface area contributed by atoms with Gasteiger partial charge >= 0.3 is 6.03 Å². The van der Waals surface area contributed by atoms with Crippen molar-refractivity contribution in [2.75, 3.05) is 31.5 Å². The van der Waals surface area contributed by atoms with E-state index in [0.29, 0.717) is 37.4 Å². The molecular weight excluding hydrogens is 308 g/mol. The fourth-order valence-corrected chi connectivity index (χ4v) is 2.57. The van der Waals surface area contributed by atoms with Gasteiger partial charge in [0.1, 0.15) is 0 Å². The molecule has 1 aliphatic rings. The van der Waals surface area contributed by atoms with Crippen LogP contribution in [0, 0.1) is 0 Å². The summed E-state index contributed by atoms with van der Waals surface area (Å²) in [6.45, 7) is 7.27. The van der Waals surface area contributed by atoms with Gasteiger partial charge in [0.15, 0.2) is 0 Å². The van der Waals surface area contributed by atoms with Gasteiger partial charge in [0, 0.05) is 50.4 Å². The lowest BCUT2D eigenvalue weighted by atomic mass is 10.1. The monoisotopic (exact) mass is 332 g/mol. The van der Waals surface area contributed by atoms with Crippen LogP contribution in [0.3, 0.4) is 0 Å². The first-order valence-electron chi connectivity index (χ1n) is 8.09. The summed E-state index contributed by atoms with van der Waals surface area (Å²) in [5.41, 5.74) is 1.13. The number of carbonyl (C=O) groups is 3. The first kappa shape index (κ1) is 17.8. The van der Waals surface area contributed by atoms with Gasteiger partial charge in [-0.2, -0.15) is 0 Å². The van der Waals surface area contributed by atoms with E-state index in [0.717, 1.165) is 0 Å². The number of hydrogen-bond donors (Lipinski definition) is 2. The number of nitrogens with one attached hydrogen (secondary N) is 2. The molecule has 0 radical (unpaired) electrons. The van der Waals surface area contributed by atoms with Crippen LogP contribution < -0.4 is 10.6 Å². The zero-order valence-corrected chi connectivity index (χ0v) is 14.3. The van der Waals surface area contributed by atoms with Crippen LogP contribution in [0.25, 0.3) is 0 Å². The Kier molecular flexibility index (Phi) is 5.78. The zero-order chi connectivity index (χ0) is 17.7. The Balaban J connectivity index is 1.95. The van der Waals surface area contributed by atoms with Crippen LogP contribution in [0.4, 0.5) is 10.5 Å². The van der Waals surface area contributed by atoms with Gasteiger partial charge in [0.25, 0.3) is 5.91 Å². The van der Waals surface area contributed by atoms with E-state index in [2.05, 4.69) is 10.6 Å². The van der Waals surface area contributed by atoms with E-state index in [9.17, 15) is 14.4 Å². The highest BCUT2D eigenvalue weighted by Crippen LogP contribution is 2.14. The Morgan fingerprint density at radius 2 is 1.67 bits per heavy atom. The van der Waals surface area contributed by atoms with E-state index in [-0.39, 0.29) is 23.9 Å². The van der Waals surface area contributed by atoms with E-state index in [1.54, 1.807) is 34.1 Å². The van der Waals surface area contributed by atoms with Gasteiger partial charge in [-0.05, 0) is 32.0 Å². The molecule has 0 aromatic heterocycles. The molecule has 0 saturated carbocycles. The summed E-state index contributed by atoms with van der Waals surface area (Å²) in [4.78, 5) is 39.1. The Hall–Kier alpha value is -2.57. The molecule has 4 amide bonds. The molecule has 130 valence electrons. The van der Waals surface area contributed by atoms with Gasteiger partial charge in [0.05, 0.1) is 0 Å². The topological polar surface area (TPSA) is 81.8 Å². The van der Waals surface area contributed by atoms with Crippen molar-refractivity contribution in [1.29, 1.82) is 0 Å². The minimum atomic E-state index is -0.177. The summed E-state index contributed by atoms with van der Waals surface area (Å²) in [5.74, 6) is -0.268. The minimum Gasteiger partial charge on any atom is -0.336 e. The molecular formula is C17H24N4O3. The number of nitrogens with zero attached hydrogens (tertiary/aromatic N) is 2. The van der Waals surface area contributed by atoms with Gasteiger partial charge in [-0.25, -0.2) is 4.79 Å². The molecule has 7 nitrogen and oxygen atoms in total. The number of rotatable bonds is 3. The fourth-order valence-electron chi connectivity index (χ4n) is 2.57. The third-order valence-corrected chi connectivity index (χ3v) is 3.70. The molecule has 0 atom stereocenters. The first-order chi connectivity index (χ1) is 11.4. The Bertz CT molecular complexity index is 622. The SMILES string of the molecule is CC(=O)Nc1cccc(C(=O)N2CCN(C(=O)NC(C)C)CC2)c1. The van der Waals surface area contributed by atoms with E-state index in [1.165, 1.54) is 6.92 Å². The van der Waals surface area contributed by atoms with Crippen LogP contribution in [-0.4, -0.2) is 59.9 Å². The number of benzene rings is 1. The van der Waals surface area contributed by atoms with E-state index < -0.39 is 0 Å². The zero-order valence-electron chi connectivity index (χ0n) is 14.3. The largest absolute Gasteiger partial charge is 0.336 e. The third kappa shape index (κ3) is 4.71. The molecule has 2 N–H and O–H groups in total. The maximum absolute atomic E-state index is 12.6. The highest BCUT2D eigenvalue weighted by molar-refractivity contribution is 5.97. The third-order valence-electron chi connectivity index (χ3n) is 3.70. The van der Waals surface area contributed by atoms with Gasteiger partial charge < -0.3 is 20.4 Å². The van der Waals surface area contributed by atoms with Crippen LogP contribution in [-0.2, 0) is 4.79 Å². The van der Waals surface area contributed by atoms with Gasteiger partial charge in [-0.15, -0.1) is 0 Å². The predicted octanol–water partition coefficient (Wildman–Crippen LogP) is 1.52. The van der Waals surface area contributed by atoms with Crippen LogP contribution >= 0.6 is 0 Å². The van der Waals surface area contributed by atoms with Crippen molar-refractivity contribution in [3.8, 4) is 0 Å². The Labute approximate surface area is 142 Å². The molecule has 0 spiro atoms. The normalized spacial score (nSPS) is 14.5. The van der Waals surface area contributed by atoms with Gasteiger partial charge in [0.2, 0.25) is 5.91 Å². The number of urea groups is 1. The molecule has 1 aromatic rings. The quantitative estimate of drug-likeness (QED) is 0.880. The van der Waals surface area contributed by atoms with Crippen molar-refractivity contribution >= 4 is 23.5 Å². The van der Waals surface area contributed by atoms with Crippen molar-refractivity contribution in [2.24, 2.45) is 0 Å².